The lowest BCUT2D eigenvalue weighted by Gasteiger charge is -2.07. The summed E-state index contributed by atoms with van der Waals surface area (Å²) in [6, 6.07) is 1.60. The van der Waals surface area contributed by atoms with Crippen LogP contribution in [0.4, 0.5) is 4.39 Å². The third-order valence-electron chi connectivity index (χ3n) is 1.91. The van der Waals surface area contributed by atoms with Crippen molar-refractivity contribution in [1.82, 2.24) is 5.32 Å². The molecule has 1 aromatic carbocycles. The molecule has 1 amide bonds. The van der Waals surface area contributed by atoms with Crippen LogP contribution in [0.2, 0.25) is 5.02 Å². The summed E-state index contributed by atoms with van der Waals surface area (Å²) >= 11 is 5.57. The normalized spacial score (nSPS) is 11.3. The third-order valence-corrected chi connectivity index (χ3v) is 3.19. The zero-order valence-electron chi connectivity index (χ0n) is 8.83. The second-order valence-corrected chi connectivity index (χ2v) is 5.11. The second-order valence-electron chi connectivity index (χ2n) is 3.17. The summed E-state index contributed by atoms with van der Waals surface area (Å²) in [7, 11) is -4.09. The standard InChI is InChI=1S/C9H10ClFN2O3S/c1-2-13-9(14)6-3-5(17(12,15)16)4-7(11)8(6)10/h3-4H,2H2,1H3,(H,13,14)(H2,12,15,16). The van der Waals surface area contributed by atoms with Gasteiger partial charge in [0.15, 0.2) is 0 Å². The Morgan fingerprint density at radius 1 is 1.53 bits per heavy atom. The predicted octanol–water partition coefficient (Wildman–Crippen LogP) is 0.876. The van der Waals surface area contributed by atoms with E-state index in [-0.39, 0.29) is 5.56 Å². The monoisotopic (exact) mass is 280 g/mol. The molecule has 5 nitrogen and oxygen atoms in total. The Balaban J connectivity index is 3.40. The topological polar surface area (TPSA) is 89.3 Å². The molecule has 0 spiro atoms. The molecule has 0 saturated heterocycles. The Labute approximate surface area is 103 Å². The SMILES string of the molecule is CCNC(=O)c1cc(S(N)(=O)=O)cc(F)c1Cl. The lowest BCUT2D eigenvalue weighted by atomic mass is 10.2. The van der Waals surface area contributed by atoms with Gasteiger partial charge in [-0.15, -0.1) is 0 Å². The van der Waals surface area contributed by atoms with Crippen LogP contribution in [-0.2, 0) is 10.0 Å². The third kappa shape index (κ3) is 3.15. The van der Waals surface area contributed by atoms with Crippen LogP contribution < -0.4 is 10.5 Å². The minimum absolute atomic E-state index is 0.266. The minimum atomic E-state index is -4.09. The van der Waals surface area contributed by atoms with Gasteiger partial charge in [-0.3, -0.25) is 4.79 Å². The van der Waals surface area contributed by atoms with Crippen LogP contribution in [0.15, 0.2) is 17.0 Å². The number of amides is 1. The zero-order valence-corrected chi connectivity index (χ0v) is 10.4. The molecule has 0 fully saturated rings. The maximum absolute atomic E-state index is 13.3. The van der Waals surface area contributed by atoms with Crippen molar-refractivity contribution in [2.24, 2.45) is 5.14 Å². The number of sulfonamides is 1. The van der Waals surface area contributed by atoms with Gasteiger partial charge in [0.1, 0.15) is 5.82 Å². The summed E-state index contributed by atoms with van der Waals surface area (Å²) in [4.78, 5) is 11.0. The summed E-state index contributed by atoms with van der Waals surface area (Å²) in [5, 5.41) is 6.79. The van der Waals surface area contributed by atoms with Gasteiger partial charge in [-0.1, -0.05) is 11.6 Å². The van der Waals surface area contributed by atoms with E-state index in [1.54, 1.807) is 6.92 Å². The molecule has 0 aliphatic carbocycles. The smallest absolute Gasteiger partial charge is 0.252 e. The summed E-state index contributed by atoms with van der Waals surface area (Å²) in [6.45, 7) is 1.96. The minimum Gasteiger partial charge on any atom is -0.352 e. The fourth-order valence-corrected chi connectivity index (χ4v) is 1.89. The number of primary sulfonamides is 1. The quantitative estimate of drug-likeness (QED) is 0.861. The van der Waals surface area contributed by atoms with E-state index in [0.29, 0.717) is 12.6 Å². The highest BCUT2D eigenvalue weighted by atomic mass is 35.5. The fourth-order valence-electron chi connectivity index (χ4n) is 1.15. The van der Waals surface area contributed by atoms with E-state index in [2.05, 4.69) is 5.32 Å². The van der Waals surface area contributed by atoms with Gasteiger partial charge in [-0.05, 0) is 19.1 Å². The highest BCUT2D eigenvalue weighted by Crippen LogP contribution is 2.23. The van der Waals surface area contributed by atoms with Crippen LogP contribution in [0.3, 0.4) is 0 Å². The van der Waals surface area contributed by atoms with Crippen LogP contribution >= 0.6 is 11.6 Å². The molecule has 1 aromatic rings. The van der Waals surface area contributed by atoms with Crippen molar-refractivity contribution in [3.05, 3.63) is 28.5 Å². The number of nitrogens with one attached hydrogen (secondary N) is 1. The van der Waals surface area contributed by atoms with E-state index in [1.807, 2.05) is 0 Å². The van der Waals surface area contributed by atoms with Crippen molar-refractivity contribution in [3.63, 3.8) is 0 Å². The predicted molar refractivity (Wildman–Crippen MR) is 60.8 cm³/mol. The van der Waals surface area contributed by atoms with Crippen LogP contribution in [0, 0.1) is 5.82 Å². The molecule has 0 aliphatic rings. The number of carbonyl (C=O) groups excluding carboxylic acids is 1. The molecule has 94 valence electrons. The van der Waals surface area contributed by atoms with Crippen molar-refractivity contribution in [3.8, 4) is 0 Å². The summed E-state index contributed by atoms with van der Waals surface area (Å²) in [5.41, 5.74) is -0.266. The van der Waals surface area contributed by atoms with Gasteiger partial charge in [-0.2, -0.15) is 0 Å². The van der Waals surface area contributed by atoms with Crippen LogP contribution in [0.25, 0.3) is 0 Å². The van der Waals surface area contributed by atoms with Crippen LogP contribution in [0.5, 0.6) is 0 Å². The highest BCUT2D eigenvalue weighted by molar-refractivity contribution is 7.89. The van der Waals surface area contributed by atoms with Crippen molar-refractivity contribution in [1.29, 1.82) is 0 Å². The molecule has 0 bridgehead atoms. The van der Waals surface area contributed by atoms with Gasteiger partial charge in [0.05, 0.1) is 15.5 Å². The molecule has 0 heterocycles. The molecule has 1 rings (SSSR count). The van der Waals surface area contributed by atoms with Crippen LogP contribution in [0.1, 0.15) is 17.3 Å². The first-order chi connectivity index (χ1) is 7.77. The Kier molecular flexibility index (Phi) is 4.07. The van der Waals surface area contributed by atoms with E-state index in [1.165, 1.54) is 0 Å². The van der Waals surface area contributed by atoms with Gasteiger partial charge in [-0.25, -0.2) is 17.9 Å². The first-order valence-electron chi connectivity index (χ1n) is 4.57. The van der Waals surface area contributed by atoms with E-state index in [4.69, 9.17) is 16.7 Å². The van der Waals surface area contributed by atoms with Gasteiger partial charge in [0, 0.05) is 6.54 Å². The fraction of sp³-hybridized carbons (Fsp3) is 0.222. The lowest BCUT2D eigenvalue weighted by Crippen LogP contribution is -2.24. The molecular weight excluding hydrogens is 271 g/mol. The molecular formula is C9H10ClFN2O3S. The van der Waals surface area contributed by atoms with E-state index >= 15 is 0 Å². The molecule has 0 atom stereocenters. The first kappa shape index (κ1) is 13.9. The number of hydrogen-bond donors (Lipinski definition) is 2. The number of benzene rings is 1. The second kappa shape index (κ2) is 4.99. The molecule has 3 N–H and O–H groups in total. The number of carbonyl (C=O) groups is 1. The van der Waals surface area contributed by atoms with Gasteiger partial charge < -0.3 is 5.32 Å². The lowest BCUT2D eigenvalue weighted by molar-refractivity contribution is 0.0955. The van der Waals surface area contributed by atoms with E-state index in [0.717, 1.165) is 6.07 Å². The molecule has 0 aromatic heterocycles. The number of nitrogens with two attached hydrogens (primary N) is 1. The Morgan fingerprint density at radius 2 is 2.12 bits per heavy atom. The summed E-state index contributed by atoms with van der Waals surface area (Å²) in [5.74, 6) is -1.68. The molecule has 0 unspecified atom stereocenters. The van der Waals surface area contributed by atoms with Crippen molar-refractivity contribution >= 4 is 27.5 Å². The maximum atomic E-state index is 13.3. The zero-order chi connectivity index (χ0) is 13.2. The number of halogens is 2. The molecule has 0 aliphatic heterocycles. The average Bonchev–Trinajstić information content (AvgIpc) is 2.20. The van der Waals surface area contributed by atoms with Gasteiger partial charge in [0.25, 0.3) is 5.91 Å². The Morgan fingerprint density at radius 3 is 2.59 bits per heavy atom. The van der Waals surface area contributed by atoms with Crippen LogP contribution in [-0.4, -0.2) is 20.9 Å². The molecule has 0 saturated carbocycles. The number of hydrogen-bond acceptors (Lipinski definition) is 3. The van der Waals surface area contributed by atoms with Crippen molar-refractivity contribution in [2.75, 3.05) is 6.54 Å². The summed E-state index contributed by atoms with van der Waals surface area (Å²) in [6.07, 6.45) is 0. The molecule has 17 heavy (non-hydrogen) atoms. The molecule has 0 radical (unpaired) electrons. The number of rotatable bonds is 3. The largest absolute Gasteiger partial charge is 0.352 e. The van der Waals surface area contributed by atoms with E-state index < -0.39 is 31.7 Å². The Hall–Kier alpha value is -1.18. The van der Waals surface area contributed by atoms with Gasteiger partial charge in [0.2, 0.25) is 10.0 Å². The molecule has 8 heteroatoms. The first-order valence-corrected chi connectivity index (χ1v) is 6.49. The van der Waals surface area contributed by atoms with Gasteiger partial charge >= 0.3 is 0 Å². The average molecular weight is 281 g/mol. The van der Waals surface area contributed by atoms with E-state index in [9.17, 15) is 17.6 Å². The van der Waals surface area contributed by atoms with Crippen molar-refractivity contribution < 1.29 is 17.6 Å². The highest BCUT2D eigenvalue weighted by Gasteiger charge is 2.19. The summed E-state index contributed by atoms with van der Waals surface area (Å²) < 4.78 is 35.5. The van der Waals surface area contributed by atoms with Crippen molar-refractivity contribution in [2.45, 2.75) is 11.8 Å². The Bertz CT molecular complexity index is 560. The maximum Gasteiger partial charge on any atom is 0.252 e.